The van der Waals surface area contributed by atoms with Gasteiger partial charge in [-0.3, -0.25) is 0 Å². The Labute approximate surface area is 107 Å². The first-order valence-electron chi connectivity index (χ1n) is 5.07. The van der Waals surface area contributed by atoms with E-state index in [1.807, 2.05) is 25.1 Å². The molecule has 0 spiro atoms. The van der Waals surface area contributed by atoms with Crippen molar-refractivity contribution in [2.75, 3.05) is 6.61 Å². The number of thiazole rings is 1. The van der Waals surface area contributed by atoms with Crippen molar-refractivity contribution < 1.29 is 4.74 Å². The van der Waals surface area contributed by atoms with Crippen LogP contribution in [0.15, 0.2) is 28.2 Å². The van der Waals surface area contributed by atoms with E-state index in [0.29, 0.717) is 6.61 Å². The molecular formula is C12H12BrNOS. The summed E-state index contributed by atoms with van der Waals surface area (Å²) in [5.41, 5.74) is 2.13. The number of ether oxygens (including phenoxy) is 1. The van der Waals surface area contributed by atoms with Crippen molar-refractivity contribution >= 4 is 27.3 Å². The highest BCUT2D eigenvalue weighted by molar-refractivity contribution is 9.11. The zero-order valence-electron chi connectivity index (χ0n) is 9.16. The SMILES string of the molecule is CCOc1cccc(-c2nc(Br)sc2C)c1. The lowest BCUT2D eigenvalue weighted by Crippen LogP contribution is -1.91. The van der Waals surface area contributed by atoms with E-state index in [2.05, 4.69) is 33.9 Å². The number of aromatic nitrogens is 1. The molecule has 84 valence electrons. The van der Waals surface area contributed by atoms with E-state index in [9.17, 15) is 0 Å². The van der Waals surface area contributed by atoms with Gasteiger partial charge in [-0.1, -0.05) is 12.1 Å². The van der Waals surface area contributed by atoms with Crippen LogP contribution < -0.4 is 4.74 Å². The highest BCUT2D eigenvalue weighted by atomic mass is 79.9. The molecule has 16 heavy (non-hydrogen) atoms. The van der Waals surface area contributed by atoms with Crippen LogP contribution in [0.4, 0.5) is 0 Å². The number of halogens is 1. The van der Waals surface area contributed by atoms with Crippen molar-refractivity contribution in [3.05, 3.63) is 33.1 Å². The van der Waals surface area contributed by atoms with Crippen LogP contribution in [-0.4, -0.2) is 11.6 Å². The van der Waals surface area contributed by atoms with Crippen molar-refractivity contribution in [1.29, 1.82) is 0 Å². The van der Waals surface area contributed by atoms with Gasteiger partial charge in [-0.15, -0.1) is 11.3 Å². The molecule has 0 aliphatic heterocycles. The lowest BCUT2D eigenvalue weighted by atomic mass is 10.1. The summed E-state index contributed by atoms with van der Waals surface area (Å²) in [5.74, 6) is 0.892. The summed E-state index contributed by atoms with van der Waals surface area (Å²) in [6, 6.07) is 8.03. The van der Waals surface area contributed by atoms with Crippen LogP contribution >= 0.6 is 27.3 Å². The Morgan fingerprint density at radius 3 is 2.88 bits per heavy atom. The Kier molecular flexibility index (Phi) is 3.61. The van der Waals surface area contributed by atoms with Gasteiger partial charge in [0.2, 0.25) is 0 Å². The largest absolute Gasteiger partial charge is 0.494 e. The molecule has 0 aliphatic rings. The first kappa shape index (κ1) is 11.6. The molecule has 0 N–H and O–H groups in total. The Morgan fingerprint density at radius 1 is 1.44 bits per heavy atom. The zero-order valence-corrected chi connectivity index (χ0v) is 11.6. The Morgan fingerprint density at radius 2 is 2.25 bits per heavy atom. The van der Waals surface area contributed by atoms with Gasteiger partial charge in [0, 0.05) is 10.4 Å². The maximum absolute atomic E-state index is 5.48. The Balaban J connectivity index is 2.40. The molecule has 0 bridgehead atoms. The van der Waals surface area contributed by atoms with Gasteiger partial charge in [-0.25, -0.2) is 4.98 Å². The van der Waals surface area contributed by atoms with Crippen molar-refractivity contribution in [3.8, 4) is 17.0 Å². The molecule has 0 aliphatic carbocycles. The minimum Gasteiger partial charge on any atom is -0.494 e. The summed E-state index contributed by atoms with van der Waals surface area (Å²) in [5, 5.41) is 0. The topological polar surface area (TPSA) is 22.1 Å². The van der Waals surface area contributed by atoms with Crippen LogP contribution in [0.5, 0.6) is 5.75 Å². The molecule has 1 aromatic heterocycles. The number of hydrogen-bond donors (Lipinski definition) is 0. The van der Waals surface area contributed by atoms with Gasteiger partial charge in [-0.05, 0) is 41.9 Å². The smallest absolute Gasteiger partial charge is 0.160 e. The second-order valence-electron chi connectivity index (χ2n) is 3.33. The second kappa shape index (κ2) is 4.97. The van der Waals surface area contributed by atoms with Crippen LogP contribution in [0.25, 0.3) is 11.3 Å². The molecule has 0 unspecified atom stereocenters. The number of aryl methyl sites for hydroxylation is 1. The van der Waals surface area contributed by atoms with Gasteiger partial charge >= 0.3 is 0 Å². The molecule has 0 saturated heterocycles. The average molecular weight is 298 g/mol. The maximum atomic E-state index is 5.48. The lowest BCUT2D eigenvalue weighted by Gasteiger charge is -2.04. The summed E-state index contributed by atoms with van der Waals surface area (Å²) in [4.78, 5) is 5.67. The second-order valence-corrected chi connectivity index (χ2v) is 5.81. The van der Waals surface area contributed by atoms with E-state index in [1.54, 1.807) is 11.3 Å². The van der Waals surface area contributed by atoms with Gasteiger partial charge in [-0.2, -0.15) is 0 Å². The molecule has 1 aromatic carbocycles. The summed E-state index contributed by atoms with van der Waals surface area (Å²) in [6.45, 7) is 4.74. The predicted molar refractivity (Wildman–Crippen MR) is 71.2 cm³/mol. The quantitative estimate of drug-likeness (QED) is 0.843. The van der Waals surface area contributed by atoms with Crippen molar-refractivity contribution in [2.45, 2.75) is 13.8 Å². The van der Waals surface area contributed by atoms with E-state index in [0.717, 1.165) is 20.9 Å². The third kappa shape index (κ3) is 2.44. The van der Waals surface area contributed by atoms with E-state index in [4.69, 9.17) is 4.74 Å². The molecule has 2 rings (SSSR count). The molecule has 0 fully saturated rings. The molecule has 0 radical (unpaired) electrons. The highest BCUT2D eigenvalue weighted by Gasteiger charge is 2.08. The fraction of sp³-hybridized carbons (Fsp3) is 0.250. The monoisotopic (exact) mass is 297 g/mol. The Hall–Kier alpha value is -0.870. The third-order valence-corrected chi connectivity index (χ3v) is 3.61. The van der Waals surface area contributed by atoms with Crippen LogP contribution in [0.2, 0.25) is 0 Å². The first-order valence-corrected chi connectivity index (χ1v) is 6.68. The molecule has 0 atom stereocenters. The van der Waals surface area contributed by atoms with Crippen molar-refractivity contribution in [2.24, 2.45) is 0 Å². The van der Waals surface area contributed by atoms with E-state index in [1.165, 1.54) is 4.88 Å². The Bertz CT molecular complexity index is 496. The molecule has 0 saturated carbocycles. The van der Waals surface area contributed by atoms with Gasteiger partial charge in [0.15, 0.2) is 3.92 Å². The van der Waals surface area contributed by atoms with Gasteiger partial charge in [0.1, 0.15) is 5.75 Å². The van der Waals surface area contributed by atoms with E-state index < -0.39 is 0 Å². The normalized spacial score (nSPS) is 10.4. The summed E-state index contributed by atoms with van der Waals surface area (Å²) in [6.07, 6.45) is 0. The summed E-state index contributed by atoms with van der Waals surface area (Å²) >= 11 is 5.05. The van der Waals surface area contributed by atoms with Gasteiger partial charge < -0.3 is 4.74 Å². The summed E-state index contributed by atoms with van der Waals surface area (Å²) in [7, 11) is 0. The van der Waals surface area contributed by atoms with E-state index in [-0.39, 0.29) is 0 Å². The lowest BCUT2D eigenvalue weighted by molar-refractivity contribution is 0.340. The van der Waals surface area contributed by atoms with Crippen LogP contribution in [0.3, 0.4) is 0 Å². The van der Waals surface area contributed by atoms with Crippen molar-refractivity contribution in [3.63, 3.8) is 0 Å². The number of benzene rings is 1. The predicted octanol–water partition coefficient (Wildman–Crippen LogP) is 4.28. The molecule has 4 heteroatoms. The van der Waals surface area contributed by atoms with Crippen LogP contribution in [-0.2, 0) is 0 Å². The number of rotatable bonds is 3. The van der Waals surface area contributed by atoms with Gasteiger partial charge in [0.05, 0.1) is 12.3 Å². The number of hydrogen-bond acceptors (Lipinski definition) is 3. The van der Waals surface area contributed by atoms with Crippen LogP contribution in [0.1, 0.15) is 11.8 Å². The standard InChI is InChI=1S/C12H12BrNOS/c1-3-15-10-6-4-5-9(7-10)11-8(2)16-12(13)14-11/h4-7H,3H2,1-2H3. The maximum Gasteiger partial charge on any atom is 0.160 e. The highest BCUT2D eigenvalue weighted by Crippen LogP contribution is 2.31. The fourth-order valence-electron chi connectivity index (χ4n) is 1.53. The minimum absolute atomic E-state index is 0.684. The van der Waals surface area contributed by atoms with E-state index >= 15 is 0 Å². The molecule has 2 aromatic rings. The third-order valence-electron chi connectivity index (χ3n) is 2.19. The molecular weight excluding hydrogens is 286 g/mol. The van der Waals surface area contributed by atoms with Gasteiger partial charge in [0.25, 0.3) is 0 Å². The molecule has 0 amide bonds. The van der Waals surface area contributed by atoms with Crippen molar-refractivity contribution in [1.82, 2.24) is 4.98 Å². The number of nitrogens with zero attached hydrogens (tertiary/aromatic N) is 1. The zero-order chi connectivity index (χ0) is 11.5. The molecule has 2 nitrogen and oxygen atoms in total. The minimum atomic E-state index is 0.684. The average Bonchev–Trinajstić information content (AvgIpc) is 2.59. The molecule has 1 heterocycles. The summed E-state index contributed by atoms with van der Waals surface area (Å²) < 4.78 is 6.40. The first-order chi connectivity index (χ1) is 7.70. The van der Waals surface area contributed by atoms with Crippen LogP contribution in [0, 0.1) is 6.92 Å². The fourth-order valence-corrected chi connectivity index (χ4v) is 3.09.